The van der Waals surface area contributed by atoms with Crippen molar-refractivity contribution in [3.8, 4) is 11.5 Å². The lowest BCUT2D eigenvalue weighted by Crippen LogP contribution is -2.04. The van der Waals surface area contributed by atoms with Crippen molar-refractivity contribution < 1.29 is 23.8 Å². The highest BCUT2D eigenvalue weighted by Gasteiger charge is 2.13. The fraction of sp³-hybridized carbons (Fsp3) is 0.158. The molecule has 0 fully saturated rings. The first kappa shape index (κ1) is 17.3. The van der Waals surface area contributed by atoms with Crippen molar-refractivity contribution in [3.63, 3.8) is 0 Å². The van der Waals surface area contributed by atoms with Crippen LogP contribution in [0.3, 0.4) is 0 Å². The Labute approximate surface area is 140 Å². The Hall–Kier alpha value is -3.08. The maximum Gasteiger partial charge on any atom is 0.338 e. The average Bonchev–Trinajstić information content (AvgIpc) is 2.60. The van der Waals surface area contributed by atoms with E-state index >= 15 is 0 Å². The van der Waals surface area contributed by atoms with Gasteiger partial charge in [-0.25, -0.2) is 4.79 Å². The van der Waals surface area contributed by atoms with E-state index in [0.717, 1.165) is 5.56 Å². The van der Waals surface area contributed by atoms with Gasteiger partial charge >= 0.3 is 11.9 Å². The van der Waals surface area contributed by atoms with Crippen molar-refractivity contribution in [3.05, 3.63) is 59.7 Å². The third-order valence-corrected chi connectivity index (χ3v) is 3.24. The van der Waals surface area contributed by atoms with E-state index in [0.29, 0.717) is 22.6 Å². The van der Waals surface area contributed by atoms with Gasteiger partial charge in [-0.1, -0.05) is 36.4 Å². The molecule has 0 aromatic heterocycles. The molecule has 0 saturated heterocycles. The molecule has 2 rings (SSSR count). The van der Waals surface area contributed by atoms with Crippen LogP contribution in [0.25, 0.3) is 11.6 Å². The van der Waals surface area contributed by atoms with Crippen molar-refractivity contribution in [1.29, 1.82) is 0 Å². The number of ether oxygens (including phenoxy) is 3. The van der Waals surface area contributed by atoms with Crippen LogP contribution in [0.5, 0.6) is 11.5 Å². The van der Waals surface area contributed by atoms with Gasteiger partial charge in [0.2, 0.25) is 0 Å². The van der Waals surface area contributed by atoms with Crippen LogP contribution in [0.2, 0.25) is 0 Å². The molecular weight excluding hydrogens is 308 g/mol. The minimum absolute atomic E-state index is 0.321. The van der Waals surface area contributed by atoms with Crippen LogP contribution in [-0.4, -0.2) is 26.2 Å². The summed E-state index contributed by atoms with van der Waals surface area (Å²) in [7, 11) is 2.82. The number of rotatable bonds is 5. The summed E-state index contributed by atoms with van der Waals surface area (Å²) < 4.78 is 15.2. The summed E-state index contributed by atoms with van der Waals surface area (Å²) in [5, 5.41) is 0. The van der Waals surface area contributed by atoms with Crippen molar-refractivity contribution in [1.82, 2.24) is 0 Å². The molecule has 0 spiro atoms. The van der Waals surface area contributed by atoms with E-state index in [2.05, 4.69) is 0 Å². The summed E-state index contributed by atoms with van der Waals surface area (Å²) in [6.45, 7) is 1.32. The summed E-state index contributed by atoms with van der Waals surface area (Å²) in [4.78, 5) is 23.2. The van der Waals surface area contributed by atoms with Gasteiger partial charge in [0.05, 0.1) is 19.8 Å². The second kappa shape index (κ2) is 7.97. The summed E-state index contributed by atoms with van der Waals surface area (Å²) >= 11 is 0. The van der Waals surface area contributed by atoms with Crippen LogP contribution in [-0.2, 0) is 14.3 Å². The fourth-order valence-electron chi connectivity index (χ4n) is 2.17. The molecule has 0 atom stereocenters. The first-order valence-corrected chi connectivity index (χ1v) is 7.27. The maximum atomic E-state index is 12.1. The molecule has 0 N–H and O–H groups in total. The Balaban J connectivity index is 2.46. The van der Waals surface area contributed by atoms with Gasteiger partial charge in [-0.05, 0) is 29.3 Å². The summed E-state index contributed by atoms with van der Waals surface area (Å²) in [5.41, 5.74) is 1.87. The number of carbonyl (C=O) groups excluding carboxylic acids is 2. The quantitative estimate of drug-likeness (QED) is 0.365. The molecule has 0 bridgehead atoms. The zero-order chi connectivity index (χ0) is 17.5. The number of carbonyl (C=O) groups is 2. The number of hydrogen-bond acceptors (Lipinski definition) is 5. The van der Waals surface area contributed by atoms with Crippen molar-refractivity contribution in [2.75, 3.05) is 14.2 Å². The minimum atomic E-state index is -0.441. The topological polar surface area (TPSA) is 61.8 Å². The van der Waals surface area contributed by atoms with Crippen LogP contribution in [0.15, 0.2) is 48.5 Å². The smallest absolute Gasteiger partial charge is 0.338 e. The van der Waals surface area contributed by atoms with E-state index in [1.807, 2.05) is 30.3 Å². The van der Waals surface area contributed by atoms with Crippen LogP contribution in [0.4, 0.5) is 0 Å². The highest BCUT2D eigenvalue weighted by atomic mass is 16.6. The molecule has 5 heteroatoms. The van der Waals surface area contributed by atoms with Gasteiger partial charge in [-0.15, -0.1) is 0 Å². The molecule has 5 nitrogen and oxygen atoms in total. The minimum Gasteiger partial charge on any atom is -0.493 e. The van der Waals surface area contributed by atoms with Crippen molar-refractivity contribution in [2.24, 2.45) is 0 Å². The highest BCUT2D eigenvalue weighted by molar-refractivity contribution is 6.21. The average molecular weight is 326 g/mol. The predicted molar refractivity (Wildman–Crippen MR) is 90.6 cm³/mol. The van der Waals surface area contributed by atoms with Crippen molar-refractivity contribution >= 4 is 23.6 Å². The first-order valence-electron chi connectivity index (χ1n) is 7.27. The molecule has 0 saturated carbocycles. The molecule has 0 amide bonds. The van der Waals surface area contributed by atoms with Gasteiger partial charge in [-0.3, -0.25) is 4.79 Å². The third-order valence-electron chi connectivity index (χ3n) is 3.24. The first-order chi connectivity index (χ1) is 11.5. The Bertz CT molecular complexity index is 763. The van der Waals surface area contributed by atoms with Crippen LogP contribution in [0, 0.1) is 0 Å². The second-order valence-electron chi connectivity index (χ2n) is 4.92. The van der Waals surface area contributed by atoms with E-state index in [-0.39, 0.29) is 0 Å². The Morgan fingerprint density at radius 2 is 1.67 bits per heavy atom. The van der Waals surface area contributed by atoms with Crippen molar-refractivity contribution in [2.45, 2.75) is 6.92 Å². The lowest BCUT2D eigenvalue weighted by Gasteiger charge is -2.10. The van der Waals surface area contributed by atoms with Gasteiger partial charge in [0, 0.05) is 6.92 Å². The maximum absolute atomic E-state index is 12.1. The van der Waals surface area contributed by atoms with E-state index in [4.69, 9.17) is 14.2 Å². The number of benzene rings is 2. The SMILES string of the molecule is COC(=O)C(=Cc1ccc(OC(C)=O)c(OC)c1)c1ccccc1. The normalized spacial score (nSPS) is 10.9. The summed E-state index contributed by atoms with van der Waals surface area (Å²) in [6, 6.07) is 14.2. The second-order valence-corrected chi connectivity index (χ2v) is 4.92. The van der Waals surface area contributed by atoms with Gasteiger partial charge < -0.3 is 14.2 Å². The fourth-order valence-corrected chi connectivity index (χ4v) is 2.17. The van der Waals surface area contributed by atoms with Gasteiger partial charge in [0.15, 0.2) is 11.5 Å². The zero-order valence-corrected chi connectivity index (χ0v) is 13.7. The molecule has 0 heterocycles. The van der Waals surface area contributed by atoms with Crippen LogP contribution in [0.1, 0.15) is 18.1 Å². The van der Waals surface area contributed by atoms with Gasteiger partial charge in [0.25, 0.3) is 0 Å². The molecule has 0 aliphatic carbocycles. The Morgan fingerprint density at radius 3 is 2.25 bits per heavy atom. The largest absolute Gasteiger partial charge is 0.493 e. The summed E-state index contributed by atoms with van der Waals surface area (Å²) in [6.07, 6.45) is 1.70. The Morgan fingerprint density at radius 1 is 0.958 bits per heavy atom. The molecule has 2 aromatic rings. The summed E-state index contributed by atoms with van der Waals surface area (Å²) in [5.74, 6) is -0.155. The zero-order valence-electron chi connectivity index (χ0n) is 13.7. The monoisotopic (exact) mass is 326 g/mol. The molecule has 0 aliphatic heterocycles. The van der Waals surface area contributed by atoms with Gasteiger partial charge in [-0.2, -0.15) is 0 Å². The number of esters is 2. The predicted octanol–water partition coefficient (Wildman–Crippen LogP) is 3.33. The standard InChI is InChI=1S/C19H18O5/c1-13(20)24-17-10-9-14(12-18(17)22-2)11-16(19(21)23-3)15-7-5-4-6-8-15/h4-12H,1-3H3. The molecule has 0 unspecified atom stereocenters. The molecule has 0 aliphatic rings. The molecule has 24 heavy (non-hydrogen) atoms. The Kier molecular flexibility index (Phi) is 5.73. The number of methoxy groups -OCH3 is 2. The molecule has 2 aromatic carbocycles. The van der Waals surface area contributed by atoms with E-state index in [9.17, 15) is 9.59 Å². The highest BCUT2D eigenvalue weighted by Crippen LogP contribution is 2.30. The number of hydrogen-bond donors (Lipinski definition) is 0. The lowest BCUT2D eigenvalue weighted by molar-refractivity contribution is -0.134. The lowest BCUT2D eigenvalue weighted by atomic mass is 10.0. The third kappa shape index (κ3) is 4.23. The van der Waals surface area contributed by atoms with E-state index in [1.165, 1.54) is 21.1 Å². The molecule has 0 radical (unpaired) electrons. The van der Waals surface area contributed by atoms with Crippen LogP contribution < -0.4 is 9.47 Å². The molecular formula is C19H18O5. The molecule has 124 valence electrons. The van der Waals surface area contributed by atoms with Crippen LogP contribution >= 0.6 is 0 Å². The van der Waals surface area contributed by atoms with Gasteiger partial charge in [0.1, 0.15) is 0 Å². The van der Waals surface area contributed by atoms with E-state index < -0.39 is 11.9 Å². The van der Waals surface area contributed by atoms with E-state index in [1.54, 1.807) is 24.3 Å².